The molecule has 3 aliphatic heterocycles. The number of nitrogens with two attached hydrogens (primary N) is 1. The SMILES string of the molecule is C[C@@H](O)[C@H]1C(=O)N2C(C(=O)O)=C(S[C@@H]3CN[C@H](CSC[C@@H](O)CN)C3)[C@H](C)[C@H]12. The van der Waals surface area contributed by atoms with Crippen molar-refractivity contribution in [2.45, 2.75) is 49.8 Å². The number of carboxylic acids is 1. The maximum Gasteiger partial charge on any atom is 0.353 e. The second kappa shape index (κ2) is 8.93. The predicted octanol–water partition coefficient (Wildman–Crippen LogP) is -0.343. The Labute approximate surface area is 173 Å². The van der Waals surface area contributed by atoms with Crippen molar-refractivity contribution in [3.63, 3.8) is 0 Å². The van der Waals surface area contributed by atoms with Crippen LogP contribution in [-0.2, 0) is 9.59 Å². The quantitative estimate of drug-likeness (QED) is 0.310. The zero-order chi connectivity index (χ0) is 20.6. The fourth-order valence-corrected chi connectivity index (χ4v) is 6.87. The van der Waals surface area contributed by atoms with Gasteiger partial charge in [-0.25, -0.2) is 4.79 Å². The molecular weight excluding hydrogens is 402 g/mol. The monoisotopic (exact) mass is 431 g/mol. The van der Waals surface area contributed by atoms with Crippen LogP contribution in [0.4, 0.5) is 0 Å². The Morgan fingerprint density at radius 1 is 1.43 bits per heavy atom. The smallest absolute Gasteiger partial charge is 0.353 e. The van der Waals surface area contributed by atoms with Crippen LogP contribution in [0.1, 0.15) is 20.3 Å². The van der Waals surface area contributed by atoms with Gasteiger partial charge in [0.2, 0.25) is 5.91 Å². The van der Waals surface area contributed by atoms with Crippen molar-refractivity contribution in [1.29, 1.82) is 0 Å². The lowest BCUT2D eigenvalue weighted by Gasteiger charge is -2.46. The summed E-state index contributed by atoms with van der Waals surface area (Å²) >= 11 is 3.21. The van der Waals surface area contributed by atoms with Crippen molar-refractivity contribution in [3.05, 3.63) is 10.6 Å². The highest BCUT2D eigenvalue weighted by Crippen LogP contribution is 2.51. The predicted molar refractivity (Wildman–Crippen MR) is 110 cm³/mol. The number of aliphatic carboxylic acids is 1. The molecule has 1 amide bonds. The number of aliphatic hydroxyl groups excluding tert-OH is 2. The Morgan fingerprint density at radius 3 is 2.75 bits per heavy atom. The van der Waals surface area contributed by atoms with Gasteiger partial charge >= 0.3 is 5.97 Å². The maximum atomic E-state index is 12.4. The summed E-state index contributed by atoms with van der Waals surface area (Å²) in [5.74, 6) is -0.521. The van der Waals surface area contributed by atoms with Crippen LogP contribution in [-0.4, -0.2) is 86.2 Å². The van der Waals surface area contributed by atoms with Crippen LogP contribution in [0.5, 0.6) is 0 Å². The minimum atomic E-state index is -1.08. The zero-order valence-corrected chi connectivity index (χ0v) is 17.7. The average Bonchev–Trinajstić information content (AvgIpc) is 3.16. The summed E-state index contributed by atoms with van der Waals surface area (Å²) < 4.78 is 0. The molecule has 7 atom stereocenters. The summed E-state index contributed by atoms with van der Waals surface area (Å²) in [7, 11) is 0. The lowest BCUT2D eigenvalue weighted by Crippen LogP contribution is -2.63. The largest absolute Gasteiger partial charge is 0.477 e. The van der Waals surface area contributed by atoms with Gasteiger partial charge < -0.3 is 31.3 Å². The van der Waals surface area contributed by atoms with Crippen LogP contribution in [0, 0.1) is 11.8 Å². The topological polar surface area (TPSA) is 136 Å². The minimum Gasteiger partial charge on any atom is -0.477 e. The number of hydrogen-bond acceptors (Lipinski definition) is 8. The van der Waals surface area contributed by atoms with Gasteiger partial charge in [-0.3, -0.25) is 4.79 Å². The molecule has 6 N–H and O–H groups in total. The molecule has 0 aliphatic carbocycles. The molecule has 3 aliphatic rings. The lowest BCUT2D eigenvalue weighted by atomic mass is 9.79. The van der Waals surface area contributed by atoms with Crippen LogP contribution in [0.25, 0.3) is 0 Å². The maximum absolute atomic E-state index is 12.4. The Bertz CT molecular complexity index is 659. The second-order valence-electron chi connectivity index (χ2n) is 7.78. The summed E-state index contributed by atoms with van der Waals surface area (Å²) in [4.78, 5) is 26.4. The molecule has 8 nitrogen and oxygen atoms in total. The highest BCUT2D eigenvalue weighted by atomic mass is 32.2. The Kier molecular flexibility index (Phi) is 6.99. The lowest BCUT2D eigenvalue weighted by molar-refractivity contribution is -0.163. The van der Waals surface area contributed by atoms with Gasteiger partial charge in [-0.05, 0) is 13.3 Å². The normalized spacial score (nSPS) is 34.4. The van der Waals surface area contributed by atoms with Gasteiger partial charge in [-0.2, -0.15) is 11.8 Å². The van der Waals surface area contributed by atoms with Crippen molar-refractivity contribution in [2.24, 2.45) is 17.6 Å². The summed E-state index contributed by atoms with van der Waals surface area (Å²) in [5.41, 5.74) is 5.51. The van der Waals surface area contributed by atoms with Crippen molar-refractivity contribution < 1.29 is 24.9 Å². The number of nitrogens with zero attached hydrogens (tertiary/aromatic N) is 1. The molecule has 0 aromatic carbocycles. The van der Waals surface area contributed by atoms with Crippen LogP contribution >= 0.6 is 23.5 Å². The van der Waals surface area contributed by atoms with Crippen molar-refractivity contribution >= 4 is 35.4 Å². The third kappa shape index (κ3) is 4.08. The summed E-state index contributed by atoms with van der Waals surface area (Å²) in [6.07, 6.45) is -0.366. The molecule has 2 fully saturated rings. The van der Waals surface area contributed by atoms with Crippen molar-refractivity contribution in [3.8, 4) is 0 Å². The third-order valence-electron chi connectivity index (χ3n) is 5.69. The number of thioether (sulfide) groups is 2. The number of hydrogen-bond donors (Lipinski definition) is 5. The first-order chi connectivity index (χ1) is 13.3. The fraction of sp³-hybridized carbons (Fsp3) is 0.778. The van der Waals surface area contributed by atoms with E-state index in [1.54, 1.807) is 30.4 Å². The molecule has 3 rings (SSSR count). The van der Waals surface area contributed by atoms with Crippen LogP contribution in [0.2, 0.25) is 0 Å². The van der Waals surface area contributed by atoms with E-state index in [2.05, 4.69) is 5.32 Å². The number of fused-ring (bicyclic) bond motifs is 1. The number of carbonyl (C=O) groups is 2. The second-order valence-corrected chi connectivity index (χ2v) is 10.2. The number of carbonyl (C=O) groups excluding carboxylic acids is 1. The van der Waals surface area contributed by atoms with E-state index in [1.807, 2.05) is 6.92 Å². The highest BCUT2D eigenvalue weighted by molar-refractivity contribution is 8.03. The Balaban J connectivity index is 1.62. The zero-order valence-electron chi connectivity index (χ0n) is 16.1. The molecule has 0 radical (unpaired) electrons. The summed E-state index contributed by atoms with van der Waals surface area (Å²) in [6, 6.07) is 0.0431. The first-order valence-electron chi connectivity index (χ1n) is 9.60. The number of amides is 1. The van der Waals surface area contributed by atoms with Crippen molar-refractivity contribution in [1.82, 2.24) is 10.2 Å². The van der Waals surface area contributed by atoms with Gasteiger partial charge in [0.15, 0.2) is 0 Å². The molecular formula is C18H29N3O5S2. The molecule has 0 spiro atoms. The minimum absolute atomic E-state index is 0.0910. The van der Waals surface area contributed by atoms with Gasteiger partial charge in [-0.1, -0.05) is 6.92 Å². The van der Waals surface area contributed by atoms with E-state index in [1.165, 1.54) is 4.90 Å². The molecule has 2 saturated heterocycles. The molecule has 3 heterocycles. The molecule has 10 heteroatoms. The molecule has 0 aromatic heterocycles. The van der Waals surface area contributed by atoms with E-state index >= 15 is 0 Å². The molecule has 0 unspecified atom stereocenters. The van der Waals surface area contributed by atoms with Gasteiger partial charge in [0.05, 0.1) is 24.2 Å². The van der Waals surface area contributed by atoms with Crippen LogP contribution < -0.4 is 11.1 Å². The van der Waals surface area contributed by atoms with E-state index in [-0.39, 0.29) is 35.4 Å². The Morgan fingerprint density at radius 2 is 2.14 bits per heavy atom. The first-order valence-corrected chi connectivity index (χ1v) is 11.6. The molecule has 0 saturated carbocycles. The third-order valence-corrected chi connectivity index (χ3v) is 8.46. The van der Waals surface area contributed by atoms with Gasteiger partial charge in [-0.15, -0.1) is 11.8 Å². The van der Waals surface area contributed by atoms with E-state index < -0.39 is 24.1 Å². The number of aliphatic hydroxyl groups is 2. The molecule has 28 heavy (non-hydrogen) atoms. The van der Waals surface area contributed by atoms with Crippen molar-refractivity contribution in [2.75, 3.05) is 24.6 Å². The molecule has 0 aromatic rings. The van der Waals surface area contributed by atoms with E-state index in [0.29, 0.717) is 11.8 Å². The number of nitrogens with one attached hydrogen (secondary N) is 1. The van der Waals surface area contributed by atoms with E-state index in [0.717, 1.165) is 23.6 Å². The first kappa shape index (κ1) is 21.9. The van der Waals surface area contributed by atoms with Gasteiger partial charge in [0.25, 0.3) is 0 Å². The van der Waals surface area contributed by atoms with E-state index in [9.17, 15) is 24.9 Å². The number of β-lactam (4-membered cyclic amide) rings is 1. The standard InChI is InChI=1S/C18H29N3O5S2/c1-8-14-13(9(2)22)17(24)21(14)15(18(25)26)16(8)28-12-3-10(20-5-12)6-27-7-11(23)4-19/h8-14,20,22-23H,3-7,19H2,1-2H3,(H,25,26)/t8-,9-,10+,11+,12+,13-,14-/m1/s1. The number of carboxylic acid groups (broad SMARTS) is 1. The average molecular weight is 432 g/mol. The number of rotatable bonds is 9. The van der Waals surface area contributed by atoms with Gasteiger partial charge in [0, 0.05) is 46.7 Å². The summed E-state index contributed by atoms with van der Waals surface area (Å²) in [5, 5.41) is 32.9. The fourth-order valence-electron chi connectivity index (χ4n) is 4.27. The highest BCUT2D eigenvalue weighted by Gasteiger charge is 2.60. The van der Waals surface area contributed by atoms with Crippen LogP contribution in [0.3, 0.4) is 0 Å². The Hall–Kier alpha value is -0.780. The van der Waals surface area contributed by atoms with E-state index in [4.69, 9.17) is 5.73 Å². The van der Waals surface area contributed by atoms with Crippen LogP contribution in [0.15, 0.2) is 10.6 Å². The molecule has 0 bridgehead atoms. The molecule has 158 valence electrons. The van der Waals surface area contributed by atoms with Gasteiger partial charge in [0.1, 0.15) is 5.70 Å². The summed E-state index contributed by atoms with van der Waals surface area (Å²) in [6.45, 7) is 4.57.